The van der Waals surface area contributed by atoms with Gasteiger partial charge in [-0.15, -0.1) is 0 Å². The molecule has 9 rings (SSSR count). The fraction of sp³-hybridized carbons (Fsp3) is 0. The monoisotopic (exact) mass is 646 g/mol. The van der Waals surface area contributed by atoms with E-state index in [4.69, 9.17) is 6.57 Å². The maximum Gasteiger partial charge on any atom is 0.219 e. The number of hydrogen-bond donors (Lipinski definition) is 0. The van der Waals surface area contributed by atoms with Crippen molar-refractivity contribution >= 4 is 49.0 Å². The second-order valence-corrected chi connectivity index (χ2v) is 12.6. The Labute approximate surface area is 294 Å². The molecule has 0 aliphatic carbocycles. The smallest absolute Gasteiger partial charge is 0.219 e. The Morgan fingerprint density at radius 2 is 1.00 bits per heavy atom. The van der Waals surface area contributed by atoms with Crippen LogP contribution in [0.25, 0.3) is 87.3 Å². The number of nitrogens with zero attached hydrogens (tertiary/aromatic N) is 4. The Balaban J connectivity index is 1.25. The van der Waals surface area contributed by atoms with Gasteiger partial charge in [0.05, 0.1) is 46.6 Å². The molecule has 8 aromatic carbocycles. The van der Waals surface area contributed by atoms with Gasteiger partial charge < -0.3 is 4.57 Å². The highest BCUT2D eigenvalue weighted by atomic mass is 15.0. The van der Waals surface area contributed by atoms with E-state index in [1.807, 2.05) is 53.1 Å². The molecule has 0 saturated carbocycles. The third-order valence-electron chi connectivity index (χ3n) is 9.89. The molecular formula is C47H26N4. The lowest BCUT2D eigenvalue weighted by Crippen LogP contribution is -1.99. The number of fused-ring (bicyclic) bond motifs is 5. The summed E-state index contributed by atoms with van der Waals surface area (Å²) in [4.78, 5) is 4.09. The zero-order valence-electron chi connectivity index (χ0n) is 27.3. The Morgan fingerprint density at radius 3 is 1.59 bits per heavy atom. The Bertz CT molecular complexity index is 2930. The van der Waals surface area contributed by atoms with Crippen molar-refractivity contribution in [2.75, 3.05) is 0 Å². The molecule has 51 heavy (non-hydrogen) atoms. The number of hydrogen-bond acceptors (Lipinski definition) is 2. The quantitative estimate of drug-likeness (QED) is 0.141. The van der Waals surface area contributed by atoms with Crippen molar-refractivity contribution < 1.29 is 0 Å². The molecule has 0 bridgehead atoms. The van der Waals surface area contributed by atoms with Crippen molar-refractivity contribution in [1.82, 2.24) is 4.57 Å². The van der Waals surface area contributed by atoms with E-state index in [2.05, 4.69) is 114 Å². The molecule has 0 spiro atoms. The van der Waals surface area contributed by atoms with E-state index in [1.54, 1.807) is 12.1 Å². The lowest BCUT2D eigenvalue weighted by atomic mass is 9.85. The molecule has 0 unspecified atom stereocenters. The van der Waals surface area contributed by atoms with Crippen molar-refractivity contribution in [3.63, 3.8) is 0 Å². The summed E-state index contributed by atoms with van der Waals surface area (Å²) >= 11 is 0. The molecule has 0 atom stereocenters. The summed E-state index contributed by atoms with van der Waals surface area (Å²) in [5.41, 5.74) is 9.90. The van der Waals surface area contributed by atoms with Gasteiger partial charge in [0.1, 0.15) is 0 Å². The molecule has 1 aromatic heterocycles. The average Bonchev–Trinajstić information content (AvgIpc) is 3.52. The predicted molar refractivity (Wildman–Crippen MR) is 208 cm³/mol. The third kappa shape index (κ3) is 4.58. The molecule has 234 valence electrons. The van der Waals surface area contributed by atoms with Crippen molar-refractivity contribution in [3.05, 3.63) is 180 Å². The van der Waals surface area contributed by atoms with Crippen molar-refractivity contribution in [1.29, 1.82) is 10.5 Å². The van der Waals surface area contributed by atoms with Gasteiger partial charge >= 0.3 is 0 Å². The Morgan fingerprint density at radius 1 is 0.471 bits per heavy atom. The highest BCUT2D eigenvalue weighted by molar-refractivity contribution is 6.21. The minimum Gasteiger partial charge on any atom is -0.318 e. The van der Waals surface area contributed by atoms with E-state index in [1.165, 1.54) is 38.2 Å². The minimum absolute atomic E-state index is 0.400. The van der Waals surface area contributed by atoms with Gasteiger partial charge in [-0.1, -0.05) is 127 Å². The van der Waals surface area contributed by atoms with Gasteiger partial charge in [0.25, 0.3) is 0 Å². The first-order valence-electron chi connectivity index (χ1n) is 16.7. The summed E-state index contributed by atoms with van der Waals surface area (Å²) in [5, 5.41) is 26.6. The standard InChI is InChI=1S/C47H26N4/c1-50-46-35(25-24-34(29-49)47(46)51-42-18-10-9-13-36(42)41-27-30(28-48)19-26-43(41)51)31-20-22-33(23-21-31)45-39-16-7-5-14-37(39)44(32-11-3-2-4-12-32)38-15-6-8-17-40(38)45/h2-27H. The van der Waals surface area contributed by atoms with Crippen LogP contribution in [-0.4, -0.2) is 4.57 Å². The van der Waals surface area contributed by atoms with Crippen LogP contribution in [0.4, 0.5) is 5.69 Å². The second kappa shape index (κ2) is 11.9. The van der Waals surface area contributed by atoms with Gasteiger partial charge in [-0.05, 0) is 85.3 Å². The van der Waals surface area contributed by atoms with E-state index in [-0.39, 0.29) is 0 Å². The maximum atomic E-state index is 10.3. The molecule has 4 nitrogen and oxygen atoms in total. The summed E-state index contributed by atoms with van der Waals surface area (Å²) in [5.74, 6) is 0. The largest absolute Gasteiger partial charge is 0.318 e. The van der Waals surface area contributed by atoms with Crippen LogP contribution in [0.1, 0.15) is 11.1 Å². The van der Waals surface area contributed by atoms with Crippen LogP contribution < -0.4 is 0 Å². The molecule has 0 aliphatic rings. The number of benzene rings is 8. The zero-order chi connectivity index (χ0) is 34.5. The Hall–Kier alpha value is -7.45. The van der Waals surface area contributed by atoms with Crippen molar-refractivity contribution in [2.45, 2.75) is 0 Å². The third-order valence-corrected chi connectivity index (χ3v) is 9.89. The maximum absolute atomic E-state index is 10.3. The summed E-state index contributed by atoms with van der Waals surface area (Å²) < 4.78 is 2.00. The molecule has 0 aliphatic heterocycles. The van der Waals surface area contributed by atoms with Crippen LogP contribution in [0.5, 0.6) is 0 Å². The lowest BCUT2D eigenvalue weighted by molar-refractivity contribution is 1.17. The molecule has 9 aromatic rings. The SMILES string of the molecule is [C-]#[N+]c1c(-c2ccc(-c3c4ccccc4c(-c4ccccc4)c4ccccc34)cc2)ccc(C#N)c1-n1c2ccccc2c2cc(C#N)ccc21. The van der Waals surface area contributed by atoms with Gasteiger partial charge in [-0.2, -0.15) is 10.5 Å². The van der Waals surface area contributed by atoms with E-state index in [0.29, 0.717) is 22.5 Å². The molecule has 0 saturated heterocycles. The van der Waals surface area contributed by atoms with Crippen molar-refractivity contribution in [3.8, 4) is 51.2 Å². The predicted octanol–water partition coefficient (Wildman–Crippen LogP) is 12.4. The summed E-state index contributed by atoms with van der Waals surface area (Å²) in [7, 11) is 0. The normalized spacial score (nSPS) is 11.1. The number of para-hydroxylation sites is 1. The molecule has 0 radical (unpaired) electrons. The molecule has 0 N–H and O–H groups in total. The first kappa shape index (κ1) is 29.7. The molecule has 1 heterocycles. The molecular weight excluding hydrogens is 621 g/mol. The molecule has 0 amide bonds. The topological polar surface area (TPSA) is 56.9 Å². The van der Waals surface area contributed by atoms with E-state index < -0.39 is 0 Å². The van der Waals surface area contributed by atoms with Gasteiger partial charge in [0, 0.05) is 10.8 Å². The second-order valence-electron chi connectivity index (χ2n) is 12.6. The van der Waals surface area contributed by atoms with Gasteiger partial charge in [-0.25, -0.2) is 4.85 Å². The summed E-state index contributed by atoms with van der Waals surface area (Å²) in [6.45, 7) is 8.44. The van der Waals surface area contributed by atoms with Gasteiger partial charge in [0.15, 0.2) is 0 Å². The van der Waals surface area contributed by atoms with Crippen LogP contribution in [0.15, 0.2) is 158 Å². The number of aromatic nitrogens is 1. The fourth-order valence-corrected chi connectivity index (χ4v) is 7.70. The van der Waals surface area contributed by atoms with Crippen LogP contribution >= 0.6 is 0 Å². The summed E-state index contributed by atoms with van der Waals surface area (Å²) in [6.07, 6.45) is 0. The lowest BCUT2D eigenvalue weighted by Gasteiger charge is -2.18. The van der Waals surface area contributed by atoms with Crippen molar-refractivity contribution in [2.24, 2.45) is 0 Å². The van der Waals surface area contributed by atoms with E-state index in [9.17, 15) is 10.5 Å². The van der Waals surface area contributed by atoms with Crippen LogP contribution in [0.3, 0.4) is 0 Å². The van der Waals surface area contributed by atoms with Gasteiger partial charge in [0.2, 0.25) is 5.69 Å². The molecule has 0 fully saturated rings. The van der Waals surface area contributed by atoms with Crippen LogP contribution in [-0.2, 0) is 0 Å². The highest BCUT2D eigenvalue weighted by Gasteiger charge is 2.22. The fourth-order valence-electron chi connectivity index (χ4n) is 7.70. The van der Waals surface area contributed by atoms with E-state index >= 15 is 0 Å². The summed E-state index contributed by atoms with van der Waals surface area (Å²) in [6, 6.07) is 58.0. The van der Waals surface area contributed by atoms with E-state index in [0.717, 1.165) is 38.5 Å². The van der Waals surface area contributed by atoms with Crippen LogP contribution in [0, 0.1) is 29.2 Å². The minimum atomic E-state index is 0.400. The first-order chi connectivity index (χ1) is 25.2. The highest BCUT2D eigenvalue weighted by Crippen LogP contribution is 2.46. The first-order valence-corrected chi connectivity index (χ1v) is 16.7. The Kier molecular flexibility index (Phi) is 6.93. The number of nitriles is 2. The molecule has 4 heteroatoms. The average molecular weight is 647 g/mol. The number of rotatable bonds is 4. The zero-order valence-corrected chi connectivity index (χ0v) is 27.3. The van der Waals surface area contributed by atoms with Crippen LogP contribution in [0.2, 0.25) is 0 Å². The van der Waals surface area contributed by atoms with Gasteiger partial charge in [-0.3, -0.25) is 0 Å².